The topological polar surface area (TPSA) is 42.4 Å². The van der Waals surface area contributed by atoms with Crippen LogP contribution in [0.5, 0.6) is 5.75 Å². The van der Waals surface area contributed by atoms with Crippen LogP contribution in [0.2, 0.25) is 0 Å². The lowest BCUT2D eigenvalue weighted by atomic mass is 9.90. The third kappa shape index (κ3) is 3.18. The Hall–Kier alpha value is -1.42. The molecule has 1 aliphatic heterocycles. The minimum absolute atomic E-state index is 0.119. The zero-order valence-corrected chi connectivity index (χ0v) is 12.7. The largest absolute Gasteiger partial charge is 0.492 e. The molecule has 0 atom stereocenters. The first kappa shape index (κ1) is 15.0. The summed E-state index contributed by atoms with van der Waals surface area (Å²) in [5.74, 6) is 0.779. The third-order valence-corrected chi connectivity index (χ3v) is 3.99. The molecule has 0 radical (unpaired) electrons. The molecule has 0 unspecified atom stereocenters. The van der Waals surface area contributed by atoms with E-state index < -0.39 is 5.54 Å². The van der Waals surface area contributed by atoms with Crippen molar-refractivity contribution in [2.24, 2.45) is 0 Å². The Bertz CT molecular complexity index is 465. The fourth-order valence-corrected chi connectivity index (χ4v) is 2.74. The van der Waals surface area contributed by atoms with Crippen molar-refractivity contribution in [3.63, 3.8) is 0 Å². The van der Waals surface area contributed by atoms with E-state index in [4.69, 9.17) is 4.74 Å². The van der Waals surface area contributed by atoms with Crippen LogP contribution >= 0.6 is 0 Å². The van der Waals surface area contributed by atoms with Crippen LogP contribution in [0.3, 0.4) is 0 Å². The number of likely N-dealkylation sites (tertiary alicyclic amines) is 1. The number of carbonyl (C=O) groups is 1. The van der Waals surface area contributed by atoms with Crippen molar-refractivity contribution >= 4 is 5.78 Å². The molecule has 4 nitrogen and oxygen atoms in total. The summed E-state index contributed by atoms with van der Waals surface area (Å²) >= 11 is 0. The van der Waals surface area contributed by atoms with Crippen LogP contribution in [-0.2, 0) is 0 Å². The lowest BCUT2D eigenvalue weighted by Crippen LogP contribution is -2.52. The highest BCUT2D eigenvalue weighted by atomic mass is 16.5. The fourth-order valence-electron chi connectivity index (χ4n) is 2.74. The highest BCUT2D eigenvalue weighted by Gasteiger charge is 2.35. The second kappa shape index (κ2) is 6.35. The Labute approximate surface area is 121 Å². The van der Waals surface area contributed by atoms with Gasteiger partial charge in [0, 0.05) is 11.8 Å². The number of piperidine rings is 1. The van der Waals surface area contributed by atoms with Crippen molar-refractivity contribution in [2.45, 2.75) is 45.6 Å². The normalized spacial score (nSPS) is 16.9. The van der Waals surface area contributed by atoms with Gasteiger partial charge in [-0.2, -0.15) is 0 Å². The molecule has 20 heavy (non-hydrogen) atoms. The maximum Gasteiger partial charge on any atom is 0.184 e. The molecule has 2 heterocycles. The summed E-state index contributed by atoms with van der Waals surface area (Å²) in [4.78, 5) is 19.2. The molecule has 1 fully saturated rings. The van der Waals surface area contributed by atoms with Gasteiger partial charge in [-0.05, 0) is 52.8 Å². The Kier molecular flexibility index (Phi) is 4.76. The summed E-state index contributed by atoms with van der Waals surface area (Å²) in [6.07, 6.45) is 6.90. The summed E-state index contributed by atoms with van der Waals surface area (Å²) < 4.78 is 5.43. The van der Waals surface area contributed by atoms with E-state index in [-0.39, 0.29) is 5.78 Å². The van der Waals surface area contributed by atoms with E-state index in [0.29, 0.717) is 17.9 Å². The molecule has 0 saturated carbocycles. The van der Waals surface area contributed by atoms with Crippen molar-refractivity contribution in [2.75, 3.05) is 19.7 Å². The molecule has 0 bridgehead atoms. The zero-order valence-electron chi connectivity index (χ0n) is 12.7. The van der Waals surface area contributed by atoms with Crippen LogP contribution in [0.25, 0.3) is 0 Å². The molecule has 0 aliphatic carbocycles. The van der Waals surface area contributed by atoms with E-state index in [1.807, 2.05) is 20.8 Å². The third-order valence-electron chi connectivity index (χ3n) is 3.99. The lowest BCUT2D eigenvalue weighted by Gasteiger charge is -2.39. The molecule has 2 rings (SSSR count). The van der Waals surface area contributed by atoms with Gasteiger partial charge in [0.15, 0.2) is 5.78 Å². The standard InChI is InChI=1S/C16H24N2O2/c1-4-20-14-10-13(11-17-12-14)15(19)16(2,3)18-8-6-5-7-9-18/h10-12H,4-9H2,1-3H3. The molecular formula is C16H24N2O2. The van der Waals surface area contributed by atoms with Gasteiger partial charge in [0.1, 0.15) is 5.75 Å². The summed E-state index contributed by atoms with van der Waals surface area (Å²) in [6, 6.07) is 1.80. The summed E-state index contributed by atoms with van der Waals surface area (Å²) in [5.41, 5.74) is 0.152. The molecular weight excluding hydrogens is 252 g/mol. The number of hydrogen-bond acceptors (Lipinski definition) is 4. The number of ketones is 1. The number of carbonyl (C=O) groups excluding carboxylic acids is 1. The van der Waals surface area contributed by atoms with E-state index in [2.05, 4.69) is 9.88 Å². The van der Waals surface area contributed by atoms with Gasteiger partial charge in [-0.25, -0.2) is 0 Å². The average molecular weight is 276 g/mol. The summed E-state index contributed by atoms with van der Waals surface area (Å²) in [7, 11) is 0. The van der Waals surface area contributed by atoms with Gasteiger partial charge >= 0.3 is 0 Å². The van der Waals surface area contributed by atoms with Gasteiger partial charge in [0.2, 0.25) is 0 Å². The lowest BCUT2D eigenvalue weighted by molar-refractivity contribution is 0.0578. The monoisotopic (exact) mass is 276 g/mol. The molecule has 4 heteroatoms. The van der Waals surface area contributed by atoms with Crippen molar-refractivity contribution in [1.82, 2.24) is 9.88 Å². The molecule has 1 aromatic rings. The van der Waals surface area contributed by atoms with E-state index in [1.54, 1.807) is 18.5 Å². The minimum Gasteiger partial charge on any atom is -0.492 e. The van der Waals surface area contributed by atoms with Gasteiger partial charge in [0.05, 0.1) is 18.3 Å². The van der Waals surface area contributed by atoms with Gasteiger partial charge in [-0.15, -0.1) is 0 Å². The van der Waals surface area contributed by atoms with Crippen LogP contribution in [0.15, 0.2) is 18.5 Å². The van der Waals surface area contributed by atoms with Crippen LogP contribution < -0.4 is 4.74 Å². The molecule has 0 spiro atoms. The maximum absolute atomic E-state index is 12.8. The first-order chi connectivity index (χ1) is 9.55. The van der Waals surface area contributed by atoms with Crippen LogP contribution in [0, 0.1) is 0 Å². The van der Waals surface area contributed by atoms with E-state index in [0.717, 1.165) is 13.1 Å². The maximum atomic E-state index is 12.8. The van der Waals surface area contributed by atoms with E-state index >= 15 is 0 Å². The number of pyridine rings is 1. The van der Waals surface area contributed by atoms with Gasteiger partial charge in [-0.3, -0.25) is 14.7 Å². The minimum atomic E-state index is -0.479. The van der Waals surface area contributed by atoms with Crippen LogP contribution in [0.1, 0.15) is 50.4 Å². The highest BCUT2D eigenvalue weighted by molar-refractivity contribution is 6.02. The second-order valence-corrected chi connectivity index (χ2v) is 5.78. The van der Waals surface area contributed by atoms with Gasteiger partial charge < -0.3 is 4.74 Å². The van der Waals surface area contributed by atoms with Crippen LogP contribution in [0.4, 0.5) is 0 Å². The molecule has 1 aliphatic rings. The fraction of sp³-hybridized carbons (Fsp3) is 0.625. The predicted octanol–water partition coefficient (Wildman–Crippen LogP) is 2.93. The smallest absolute Gasteiger partial charge is 0.184 e. The SMILES string of the molecule is CCOc1cncc(C(=O)C(C)(C)N2CCCCC2)c1. The first-order valence-corrected chi connectivity index (χ1v) is 7.43. The Morgan fingerprint density at radius 3 is 2.65 bits per heavy atom. The van der Waals surface area contributed by atoms with Crippen molar-refractivity contribution in [1.29, 1.82) is 0 Å². The highest BCUT2D eigenvalue weighted by Crippen LogP contribution is 2.25. The predicted molar refractivity (Wildman–Crippen MR) is 79.2 cm³/mol. The molecule has 0 amide bonds. The molecule has 0 N–H and O–H groups in total. The number of rotatable bonds is 5. The summed E-state index contributed by atoms with van der Waals surface area (Å²) in [6.45, 7) is 8.51. The molecule has 0 aromatic carbocycles. The van der Waals surface area contributed by atoms with E-state index in [9.17, 15) is 4.79 Å². The Morgan fingerprint density at radius 2 is 2.00 bits per heavy atom. The van der Waals surface area contributed by atoms with Crippen molar-refractivity contribution in [3.8, 4) is 5.75 Å². The molecule has 1 aromatic heterocycles. The molecule has 1 saturated heterocycles. The second-order valence-electron chi connectivity index (χ2n) is 5.78. The van der Waals surface area contributed by atoms with Crippen molar-refractivity contribution < 1.29 is 9.53 Å². The first-order valence-electron chi connectivity index (χ1n) is 7.43. The van der Waals surface area contributed by atoms with Gasteiger partial charge in [0.25, 0.3) is 0 Å². The number of aromatic nitrogens is 1. The number of ether oxygens (including phenoxy) is 1. The number of Topliss-reactive ketones (excluding diaryl/α,β-unsaturated/α-hetero) is 1. The summed E-state index contributed by atoms with van der Waals surface area (Å²) in [5, 5.41) is 0. The average Bonchev–Trinajstić information content (AvgIpc) is 2.48. The number of nitrogens with zero attached hydrogens (tertiary/aromatic N) is 2. The number of hydrogen-bond donors (Lipinski definition) is 0. The quantitative estimate of drug-likeness (QED) is 0.775. The Morgan fingerprint density at radius 1 is 1.30 bits per heavy atom. The Balaban J connectivity index is 2.18. The van der Waals surface area contributed by atoms with Gasteiger partial charge in [-0.1, -0.05) is 6.42 Å². The molecule has 110 valence electrons. The zero-order chi connectivity index (χ0) is 14.6. The van der Waals surface area contributed by atoms with E-state index in [1.165, 1.54) is 19.3 Å². The van der Waals surface area contributed by atoms with Crippen LogP contribution in [-0.4, -0.2) is 40.9 Å². The van der Waals surface area contributed by atoms with Crippen molar-refractivity contribution in [3.05, 3.63) is 24.0 Å².